The molecule has 0 heterocycles. The lowest BCUT2D eigenvalue weighted by atomic mass is 10.2. The van der Waals surface area contributed by atoms with Crippen molar-refractivity contribution in [3.8, 4) is 5.75 Å². The van der Waals surface area contributed by atoms with E-state index in [9.17, 15) is 18.0 Å². The maximum atomic E-state index is 11.9. The normalized spacial score (nSPS) is 12.6. The van der Waals surface area contributed by atoms with Gasteiger partial charge in [0.1, 0.15) is 12.4 Å². The monoisotopic (exact) mass is 320 g/mol. The van der Waals surface area contributed by atoms with Gasteiger partial charge in [-0.2, -0.15) is 13.2 Å². The average molecular weight is 320 g/mol. The quantitative estimate of drug-likeness (QED) is 0.847. The van der Waals surface area contributed by atoms with Crippen LogP contribution in [-0.2, 0) is 4.74 Å². The number of rotatable bonds is 6. The van der Waals surface area contributed by atoms with Gasteiger partial charge in [0.15, 0.2) is 0 Å². The lowest BCUT2D eigenvalue weighted by Crippen LogP contribution is -2.39. The molecule has 124 valence electrons. The molecule has 1 atom stereocenters. The number of ether oxygens (including phenoxy) is 2. The highest BCUT2D eigenvalue weighted by Crippen LogP contribution is 2.21. The molecule has 0 bridgehead atoms. The van der Waals surface area contributed by atoms with Crippen molar-refractivity contribution in [1.82, 2.24) is 5.32 Å². The molecule has 1 aromatic rings. The van der Waals surface area contributed by atoms with Crippen molar-refractivity contribution in [2.75, 3.05) is 25.6 Å². The summed E-state index contributed by atoms with van der Waals surface area (Å²) >= 11 is 0. The Morgan fingerprint density at radius 2 is 2.05 bits per heavy atom. The Kier molecular flexibility index (Phi) is 6.48. The molecule has 8 heteroatoms. The number of carbonyl (C=O) groups excluding carboxylic acids is 1. The molecule has 2 amide bonds. The first-order chi connectivity index (χ1) is 10.2. The first kappa shape index (κ1) is 18.1. The van der Waals surface area contributed by atoms with Crippen LogP contribution in [0.4, 0.5) is 23.7 Å². The standard InChI is InChI=1S/C14H19F3N2O3/c1-9-6-11(4-5-12(9)21-3)19-13(20)18-10(2)7-22-8-14(15,16)17/h4-6,10H,7-8H2,1-3H3,(H2,18,19,20). The van der Waals surface area contributed by atoms with Gasteiger partial charge in [0.05, 0.1) is 19.8 Å². The van der Waals surface area contributed by atoms with Crippen molar-refractivity contribution >= 4 is 11.7 Å². The van der Waals surface area contributed by atoms with Gasteiger partial charge in [-0.05, 0) is 37.6 Å². The number of aryl methyl sites for hydroxylation is 1. The van der Waals surface area contributed by atoms with E-state index in [1.54, 1.807) is 32.2 Å². The third-order valence-corrected chi connectivity index (χ3v) is 2.66. The third kappa shape index (κ3) is 6.66. The number of hydrogen-bond acceptors (Lipinski definition) is 3. The zero-order valence-corrected chi connectivity index (χ0v) is 12.6. The Hall–Kier alpha value is -1.96. The molecular weight excluding hydrogens is 301 g/mol. The van der Waals surface area contributed by atoms with E-state index in [-0.39, 0.29) is 6.61 Å². The van der Waals surface area contributed by atoms with Crippen LogP contribution in [0, 0.1) is 6.92 Å². The van der Waals surface area contributed by atoms with Crippen molar-refractivity contribution in [1.29, 1.82) is 0 Å². The molecule has 2 N–H and O–H groups in total. The Labute approximate surface area is 126 Å². The summed E-state index contributed by atoms with van der Waals surface area (Å²) in [5, 5.41) is 5.08. The number of hydrogen-bond donors (Lipinski definition) is 2. The summed E-state index contributed by atoms with van der Waals surface area (Å²) in [7, 11) is 1.55. The van der Waals surface area contributed by atoms with Crippen LogP contribution in [0.25, 0.3) is 0 Å². The van der Waals surface area contributed by atoms with E-state index < -0.39 is 24.9 Å². The molecule has 0 radical (unpaired) electrons. The minimum absolute atomic E-state index is 0.228. The zero-order valence-electron chi connectivity index (χ0n) is 12.6. The van der Waals surface area contributed by atoms with Crippen molar-refractivity contribution in [2.45, 2.75) is 26.1 Å². The highest BCUT2D eigenvalue weighted by molar-refractivity contribution is 5.89. The van der Waals surface area contributed by atoms with Crippen LogP contribution in [0.2, 0.25) is 0 Å². The fourth-order valence-corrected chi connectivity index (χ4v) is 1.74. The van der Waals surface area contributed by atoms with Crippen LogP contribution in [-0.4, -0.2) is 38.6 Å². The van der Waals surface area contributed by atoms with Gasteiger partial charge in [-0.15, -0.1) is 0 Å². The fraction of sp³-hybridized carbons (Fsp3) is 0.500. The second-order valence-corrected chi connectivity index (χ2v) is 4.81. The average Bonchev–Trinajstić information content (AvgIpc) is 2.37. The van der Waals surface area contributed by atoms with E-state index in [4.69, 9.17) is 4.74 Å². The summed E-state index contributed by atoms with van der Waals surface area (Å²) in [6.45, 7) is 1.82. The molecule has 0 fully saturated rings. The van der Waals surface area contributed by atoms with Gasteiger partial charge >= 0.3 is 12.2 Å². The number of benzene rings is 1. The third-order valence-electron chi connectivity index (χ3n) is 2.66. The number of nitrogens with one attached hydrogen (secondary N) is 2. The van der Waals surface area contributed by atoms with Gasteiger partial charge in [-0.3, -0.25) is 0 Å². The molecule has 1 unspecified atom stereocenters. The van der Waals surface area contributed by atoms with Crippen LogP contribution in [0.5, 0.6) is 5.75 Å². The lowest BCUT2D eigenvalue weighted by Gasteiger charge is -2.16. The van der Waals surface area contributed by atoms with Crippen LogP contribution in [0.1, 0.15) is 12.5 Å². The SMILES string of the molecule is COc1ccc(NC(=O)NC(C)COCC(F)(F)F)cc1C. The molecule has 5 nitrogen and oxygen atoms in total. The summed E-state index contributed by atoms with van der Waals surface area (Å²) < 4.78 is 45.3. The molecule has 0 saturated carbocycles. The number of anilines is 1. The van der Waals surface area contributed by atoms with Gasteiger partial charge in [0.2, 0.25) is 0 Å². The Balaban J connectivity index is 2.41. The number of amides is 2. The molecule has 0 aromatic heterocycles. The number of urea groups is 1. The van der Waals surface area contributed by atoms with Crippen LogP contribution < -0.4 is 15.4 Å². The molecule has 0 aliphatic carbocycles. The summed E-state index contributed by atoms with van der Waals surface area (Å²) in [5.74, 6) is 0.694. The minimum Gasteiger partial charge on any atom is -0.496 e. The summed E-state index contributed by atoms with van der Waals surface area (Å²) in [6, 6.07) is 4.02. The molecule has 1 aromatic carbocycles. The number of carbonyl (C=O) groups is 1. The zero-order chi connectivity index (χ0) is 16.8. The second-order valence-electron chi connectivity index (χ2n) is 4.81. The molecule has 0 aliphatic heterocycles. The summed E-state index contributed by atoms with van der Waals surface area (Å²) in [4.78, 5) is 11.7. The van der Waals surface area contributed by atoms with E-state index in [1.165, 1.54) is 0 Å². The van der Waals surface area contributed by atoms with Gasteiger partial charge in [0.25, 0.3) is 0 Å². The number of halogens is 3. The Morgan fingerprint density at radius 3 is 2.59 bits per heavy atom. The molecular formula is C14H19F3N2O3. The first-order valence-corrected chi connectivity index (χ1v) is 6.58. The molecule has 0 spiro atoms. The van der Waals surface area contributed by atoms with Gasteiger partial charge in [0, 0.05) is 5.69 Å². The molecule has 22 heavy (non-hydrogen) atoms. The van der Waals surface area contributed by atoms with Gasteiger partial charge in [-0.1, -0.05) is 0 Å². The minimum atomic E-state index is -4.37. The molecule has 0 aliphatic rings. The Morgan fingerprint density at radius 1 is 1.36 bits per heavy atom. The van der Waals surface area contributed by atoms with Crippen molar-refractivity contribution in [3.05, 3.63) is 23.8 Å². The molecule has 1 rings (SSSR count). The molecule has 0 saturated heterocycles. The maximum absolute atomic E-state index is 11.9. The van der Waals surface area contributed by atoms with Crippen molar-refractivity contribution in [2.24, 2.45) is 0 Å². The van der Waals surface area contributed by atoms with Crippen molar-refractivity contribution < 1.29 is 27.4 Å². The van der Waals surface area contributed by atoms with Gasteiger partial charge < -0.3 is 20.1 Å². The van der Waals surface area contributed by atoms with Crippen LogP contribution in [0.15, 0.2) is 18.2 Å². The van der Waals surface area contributed by atoms with E-state index >= 15 is 0 Å². The topological polar surface area (TPSA) is 59.6 Å². The highest BCUT2D eigenvalue weighted by Gasteiger charge is 2.27. The smallest absolute Gasteiger partial charge is 0.411 e. The van der Waals surface area contributed by atoms with Crippen LogP contribution >= 0.6 is 0 Å². The van der Waals surface area contributed by atoms with E-state index in [1.807, 2.05) is 6.92 Å². The van der Waals surface area contributed by atoms with E-state index in [0.29, 0.717) is 11.4 Å². The number of alkyl halides is 3. The highest BCUT2D eigenvalue weighted by atomic mass is 19.4. The predicted molar refractivity (Wildman–Crippen MR) is 76.2 cm³/mol. The van der Waals surface area contributed by atoms with Gasteiger partial charge in [-0.25, -0.2) is 4.79 Å². The fourth-order valence-electron chi connectivity index (χ4n) is 1.74. The lowest BCUT2D eigenvalue weighted by molar-refractivity contribution is -0.174. The van der Waals surface area contributed by atoms with E-state index in [2.05, 4.69) is 15.4 Å². The van der Waals surface area contributed by atoms with Crippen molar-refractivity contribution in [3.63, 3.8) is 0 Å². The van der Waals surface area contributed by atoms with E-state index in [0.717, 1.165) is 5.56 Å². The summed E-state index contributed by atoms with van der Waals surface area (Å²) in [6.07, 6.45) is -4.37. The predicted octanol–water partition coefficient (Wildman–Crippen LogP) is 3.09. The first-order valence-electron chi connectivity index (χ1n) is 6.58. The number of methoxy groups -OCH3 is 1. The van der Waals surface area contributed by atoms with Crippen LogP contribution in [0.3, 0.4) is 0 Å². The Bertz CT molecular complexity index is 507. The largest absolute Gasteiger partial charge is 0.496 e. The summed E-state index contributed by atoms with van der Waals surface area (Å²) in [5.41, 5.74) is 1.40. The second kappa shape index (κ2) is 7.88. The maximum Gasteiger partial charge on any atom is 0.411 e.